The van der Waals surface area contributed by atoms with E-state index in [4.69, 9.17) is 21.1 Å². The average Bonchev–Trinajstić information content (AvgIpc) is 3.13. The molecule has 1 fully saturated rings. The summed E-state index contributed by atoms with van der Waals surface area (Å²) in [5, 5.41) is 0.480. The number of rotatable bonds is 9. The van der Waals surface area contributed by atoms with E-state index in [1.165, 1.54) is 12.1 Å². The van der Waals surface area contributed by atoms with E-state index in [-0.39, 0.29) is 11.7 Å². The molecule has 0 aliphatic carbocycles. The molecule has 35 heavy (non-hydrogen) atoms. The molecule has 15 heteroatoms. The van der Waals surface area contributed by atoms with Gasteiger partial charge in [0.25, 0.3) is 0 Å². The van der Waals surface area contributed by atoms with E-state index in [1.54, 1.807) is 6.92 Å². The number of carbonyl (C=O) groups excluding carboxylic acids is 1. The maximum absolute atomic E-state index is 13.9. The standard InChI is InChI=1S/C20H22ClF5N4O4S/c1-12-15(13-2-4-14(5-3-13)34-20(24,25)26)27-17(35-12)28-16(19(21,22)23)29-18(31)33-11-8-30-6-9-32-10-7-30/h2-5,16H,6-11H2,1H3,(H,27,28)(H,29,31). The summed E-state index contributed by atoms with van der Waals surface area (Å²) >= 11 is 6.16. The predicted molar refractivity (Wildman–Crippen MR) is 119 cm³/mol. The molecule has 0 bridgehead atoms. The molecule has 0 radical (unpaired) electrons. The van der Waals surface area contributed by atoms with Gasteiger partial charge in [-0.2, -0.15) is 8.78 Å². The lowest BCUT2D eigenvalue weighted by molar-refractivity contribution is -0.274. The molecule has 8 nitrogen and oxygen atoms in total. The van der Waals surface area contributed by atoms with E-state index in [0.29, 0.717) is 49.0 Å². The van der Waals surface area contributed by atoms with Crippen LogP contribution in [0.25, 0.3) is 11.3 Å². The number of anilines is 1. The minimum absolute atomic E-state index is 0.00654. The number of nitrogens with one attached hydrogen (secondary N) is 2. The van der Waals surface area contributed by atoms with Crippen LogP contribution in [0.3, 0.4) is 0 Å². The number of aromatic nitrogens is 1. The zero-order chi connectivity index (χ0) is 25.6. The fourth-order valence-electron chi connectivity index (χ4n) is 3.12. The third-order valence-electron chi connectivity index (χ3n) is 4.76. The fourth-order valence-corrected chi connectivity index (χ4v) is 4.09. The lowest BCUT2D eigenvalue weighted by Gasteiger charge is -2.26. The highest BCUT2D eigenvalue weighted by molar-refractivity contribution is 7.16. The second kappa shape index (κ2) is 11.5. The number of carbonyl (C=O) groups is 1. The number of amides is 1. The third-order valence-corrected chi connectivity index (χ3v) is 5.88. The first-order chi connectivity index (χ1) is 16.4. The van der Waals surface area contributed by atoms with Gasteiger partial charge in [0, 0.05) is 30.1 Å². The van der Waals surface area contributed by atoms with Gasteiger partial charge in [-0.3, -0.25) is 10.2 Å². The molecular formula is C20H22ClF5N4O4S. The Kier molecular flexibility index (Phi) is 8.96. The van der Waals surface area contributed by atoms with Gasteiger partial charge in [0.2, 0.25) is 0 Å². The van der Waals surface area contributed by atoms with Crippen molar-refractivity contribution in [1.82, 2.24) is 15.2 Å². The van der Waals surface area contributed by atoms with E-state index in [9.17, 15) is 26.7 Å². The minimum Gasteiger partial charge on any atom is -0.448 e. The van der Waals surface area contributed by atoms with Gasteiger partial charge in [0.05, 0.1) is 18.9 Å². The van der Waals surface area contributed by atoms with Gasteiger partial charge in [-0.25, -0.2) is 9.78 Å². The molecule has 194 valence electrons. The molecule has 1 aromatic carbocycles. The van der Waals surface area contributed by atoms with Gasteiger partial charge in [-0.1, -0.05) is 0 Å². The van der Waals surface area contributed by atoms with Crippen LogP contribution in [0.4, 0.5) is 31.9 Å². The molecule has 1 saturated heterocycles. The first-order valence-electron chi connectivity index (χ1n) is 10.3. The summed E-state index contributed by atoms with van der Waals surface area (Å²) in [7, 11) is 0. The second-order valence-electron chi connectivity index (χ2n) is 7.35. The first-order valence-corrected chi connectivity index (χ1v) is 11.5. The zero-order valence-electron chi connectivity index (χ0n) is 18.3. The number of morpholine rings is 1. The molecule has 3 rings (SSSR count). The van der Waals surface area contributed by atoms with Crippen molar-refractivity contribution >= 4 is 34.2 Å². The Hall–Kier alpha value is -2.42. The van der Waals surface area contributed by atoms with Gasteiger partial charge in [0.15, 0.2) is 11.3 Å². The first kappa shape index (κ1) is 27.2. The summed E-state index contributed by atoms with van der Waals surface area (Å²) in [6.07, 6.45) is -7.96. The number of alkyl carbamates (subject to hydrolysis) is 1. The van der Waals surface area contributed by atoms with E-state index < -0.39 is 29.8 Å². The third kappa shape index (κ3) is 8.63. The number of hydrogen-bond acceptors (Lipinski definition) is 8. The van der Waals surface area contributed by atoms with Crippen molar-refractivity contribution < 1.29 is 41.0 Å². The topological polar surface area (TPSA) is 85.0 Å². The lowest BCUT2D eigenvalue weighted by Crippen LogP contribution is -2.50. The number of aryl methyl sites for hydroxylation is 1. The van der Waals surface area contributed by atoms with Crippen LogP contribution in [-0.4, -0.2) is 73.3 Å². The number of halogens is 6. The van der Waals surface area contributed by atoms with Crippen molar-refractivity contribution in [1.29, 1.82) is 0 Å². The lowest BCUT2D eigenvalue weighted by atomic mass is 10.1. The smallest absolute Gasteiger partial charge is 0.448 e. The van der Waals surface area contributed by atoms with Crippen molar-refractivity contribution in [2.45, 2.75) is 24.8 Å². The highest BCUT2D eigenvalue weighted by Gasteiger charge is 2.39. The van der Waals surface area contributed by atoms with Crippen LogP contribution in [0.2, 0.25) is 0 Å². The monoisotopic (exact) mass is 544 g/mol. The van der Waals surface area contributed by atoms with Crippen LogP contribution in [0.1, 0.15) is 4.88 Å². The molecular weight excluding hydrogens is 523 g/mol. The summed E-state index contributed by atoms with van der Waals surface area (Å²) in [4.78, 5) is 18.8. The highest BCUT2D eigenvalue weighted by atomic mass is 35.5. The molecule has 1 amide bonds. The molecule has 1 aliphatic rings. The number of ether oxygens (including phenoxy) is 3. The quantitative estimate of drug-likeness (QED) is 0.270. The number of hydrogen-bond donors (Lipinski definition) is 2. The Morgan fingerprint density at radius 1 is 1.23 bits per heavy atom. The van der Waals surface area contributed by atoms with Crippen LogP contribution >= 0.6 is 22.9 Å². The van der Waals surface area contributed by atoms with Gasteiger partial charge in [0.1, 0.15) is 12.4 Å². The van der Waals surface area contributed by atoms with Gasteiger partial charge in [-0.15, -0.1) is 24.5 Å². The van der Waals surface area contributed by atoms with E-state index in [1.807, 2.05) is 10.2 Å². The summed E-state index contributed by atoms with van der Waals surface area (Å²) in [5.41, 5.74) is 0.784. The number of benzene rings is 1. The maximum Gasteiger partial charge on any atom is 0.573 e. The fraction of sp³-hybridized carbons (Fsp3) is 0.500. The number of alkyl halides is 6. The Labute approximate surface area is 206 Å². The molecule has 0 saturated carbocycles. The molecule has 1 aliphatic heterocycles. The van der Waals surface area contributed by atoms with Crippen molar-refractivity contribution in [3.05, 3.63) is 29.1 Å². The Balaban J connectivity index is 1.60. The van der Waals surface area contributed by atoms with E-state index >= 15 is 0 Å². The van der Waals surface area contributed by atoms with Crippen LogP contribution in [0, 0.1) is 6.92 Å². The normalized spacial score (nSPS) is 16.0. The molecule has 0 spiro atoms. The summed E-state index contributed by atoms with van der Waals surface area (Å²) in [5.74, 6) is -0.411. The SMILES string of the molecule is Cc1sc(NC(NC(=O)OCCN2CCOCC2)C(F)(F)Cl)nc1-c1ccc(OC(F)(F)F)cc1. The Morgan fingerprint density at radius 2 is 1.89 bits per heavy atom. The molecule has 2 heterocycles. The van der Waals surface area contributed by atoms with Crippen molar-refractivity contribution in [3.8, 4) is 17.0 Å². The average molecular weight is 545 g/mol. The molecule has 1 aromatic heterocycles. The summed E-state index contributed by atoms with van der Waals surface area (Å²) in [6.45, 7) is 4.56. The van der Waals surface area contributed by atoms with Crippen molar-refractivity contribution in [3.63, 3.8) is 0 Å². The molecule has 2 aromatic rings. The van der Waals surface area contributed by atoms with Gasteiger partial charge in [-0.05, 0) is 42.8 Å². The predicted octanol–water partition coefficient (Wildman–Crippen LogP) is 4.65. The largest absolute Gasteiger partial charge is 0.573 e. The van der Waals surface area contributed by atoms with Crippen LogP contribution in [-0.2, 0) is 9.47 Å². The maximum atomic E-state index is 13.9. The van der Waals surface area contributed by atoms with Gasteiger partial charge < -0.3 is 19.5 Å². The zero-order valence-corrected chi connectivity index (χ0v) is 19.9. The second-order valence-corrected chi connectivity index (χ2v) is 9.06. The van der Waals surface area contributed by atoms with Crippen LogP contribution < -0.4 is 15.4 Å². The minimum atomic E-state index is -4.83. The van der Waals surface area contributed by atoms with Gasteiger partial charge >= 0.3 is 17.8 Å². The Bertz CT molecular complexity index is 981. The highest BCUT2D eigenvalue weighted by Crippen LogP contribution is 2.34. The van der Waals surface area contributed by atoms with E-state index in [2.05, 4.69) is 15.0 Å². The summed E-state index contributed by atoms with van der Waals surface area (Å²) in [6, 6.07) is 4.92. The number of nitrogens with zero attached hydrogens (tertiary/aromatic N) is 2. The summed E-state index contributed by atoms with van der Waals surface area (Å²) < 4.78 is 78.9. The van der Waals surface area contributed by atoms with Crippen LogP contribution in [0.5, 0.6) is 5.75 Å². The Morgan fingerprint density at radius 3 is 2.49 bits per heavy atom. The van der Waals surface area contributed by atoms with Crippen molar-refractivity contribution in [2.75, 3.05) is 44.8 Å². The van der Waals surface area contributed by atoms with Crippen molar-refractivity contribution in [2.24, 2.45) is 0 Å². The molecule has 1 atom stereocenters. The van der Waals surface area contributed by atoms with E-state index in [0.717, 1.165) is 23.5 Å². The molecule has 1 unspecified atom stereocenters. The number of thiazole rings is 1. The molecule has 2 N–H and O–H groups in total. The van der Waals surface area contributed by atoms with Crippen LogP contribution in [0.15, 0.2) is 24.3 Å².